The third-order valence-corrected chi connectivity index (χ3v) is 3.99. The van der Waals surface area contributed by atoms with Gasteiger partial charge in [-0.3, -0.25) is 4.79 Å². The number of carbonyl (C=O) groups is 1. The molecule has 0 spiro atoms. The molecule has 1 amide bonds. The summed E-state index contributed by atoms with van der Waals surface area (Å²) in [5.41, 5.74) is 5.84. The normalized spacial score (nSPS) is 35.4. The number of carbonyl (C=O) groups excluding carboxylic acids is 1. The van der Waals surface area contributed by atoms with Crippen LogP contribution in [0.4, 0.5) is 0 Å². The molecular weight excluding hydrogens is 204 g/mol. The molecule has 2 rings (SSSR count). The van der Waals surface area contributed by atoms with E-state index in [2.05, 4.69) is 0 Å². The van der Waals surface area contributed by atoms with Gasteiger partial charge in [-0.1, -0.05) is 0 Å². The first-order valence-electron chi connectivity index (χ1n) is 6.39. The molecule has 4 nitrogen and oxygen atoms in total. The molecule has 0 unspecified atom stereocenters. The first kappa shape index (κ1) is 11.9. The van der Waals surface area contributed by atoms with Gasteiger partial charge in [0, 0.05) is 18.5 Å². The largest absolute Gasteiger partial charge is 0.394 e. The number of aliphatic hydroxyl groups excluding tert-OH is 1. The zero-order valence-electron chi connectivity index (χ0n) is 9.77. The molecule has 1 aliphatic carbocycles. The Labute approximate surface area is 96.8 Å². The van der Waals surface area contributed by atoms with Crippen molar-refractivity contribution in [2.45, 2.75) is 50.6 Å². The molecule has 1 saturated heterocycles. The molecule has 0 aromatic rings. The summed E-state index contributed by atoms with van der Waals surface area (Å²) in [6.45, 7) is 0.935. The molecule has 0 aromatic carbocycles. The van der Waals surface area contributed by atoms with E-state index < -0.39 is 0 Å². The van der Waals surface area contributed by atoms with Crippen LogP contribution in [0.2, 0.25) is 0 Å². The van der Waals surface area contributed by atoms with Gasteiger partial charge in [-0.2, -0.15) is 0 Å². The Kier molecular flexibility index (Phi) is 3.82. The second-order valence-corrected chi connectivity index (χ2v) is 5.12. The van der Waals surface area contributed by atoms with Crippen molar-refractivity contribution >= 4 is 5.91 Å². The average molecular weight is 226 g/mol. The molecule has 2 aliphatic rings. The number of hydrogen-bond acceptors (Lipinski definition) is 3. The molecule has 92 valence electrons. The molecule has 0 aromatic heterocycles. The lowest BCUT2D eigenvalue weighted by Crippen LogP contribution is -2.43. The molecule has 0 bridgehead atoms. The molecule has 1 saturated carbocycles. The highest BCUT2D eigenvalue weighted by atomic mass is 16.3. The van der Waals surface area contributed by atoms with Gasteiger partial charge < -0.3 is 15.7 Å². The molecule has 16 heavy (non-hydrogen) atoms. The van der Waals surface area contributed by atoms with Crippen LogP contribution in [0.25, 0.3) is 0 Å². The third kappa shape index (κ3) is 2.38. The van der Waals surface area contributed by atoms with Crippen molar-refractivity contribution in [3.05, 3.63) is 0 Å². The summed E-state index contributed by atoms with van der Waals surface area (Å²) in [4.78, 5) is 14.1. The van der Waals surface area contributed by atoms with Crippen molar-refractivity contribution in [3.8, 4) is 0 Å². The van der Waals surface area contributed by atoms with E-state index in [0.717, 1.165) is 45.1 Å². The van der Waals surface area contributed by atoms with Gasteiger partial charge in [-0.15, -0.1) is 0 Å². The number of likely N-dealkylation sites (tertiary alicyclic amines) is 1. The van der Waals surface area contributed by atoms with Crippen LogP contribution in [0.5, 0.6) is 0 Å². The van der Waals surface area contributed by atoms with Gasteiger partial charge in [0.15, 0.2) is 0 Å². The molecule has 1 atom stereocenters. The Bertz CT molecular complexity index is 249. The second-order valence-electron chi connectivity index (χ2n) is 5.12. The highest BCUT2D eigenvalue weighted by Gasteiger charge is 2.34. The van der Waals surface area contributed by atoms with Crippen LogP contribution in [0.1, 0.15) is 38.5 Å². The maximum atomic E-state index is 12.3. The van der Waals surface area contributed by atoms with E-state index in [-0.39, 0.29) is 30.5 Å². The zero-order chi connectivity index (χ0) is 11.5. The van der Waals surface area contributed by atoms with E-state index >= 15 is 0 Å². The first-order chi connectivity index (χ1) is 7.72. The number of nitrogens with zero attached hydrogens (tertiary/aromatic N) is 1. The van der Waals surface area contributed by atoms with Crippen LogP contribution in [0, 0.1) is 5.92 Å². The van der Waals surface area contributed by atoms with E-state index in [9.17, 15) is 9.90 Å². The van der Waals surface area contributed by atoms with Gasteiger partial charge in [-0.25, -0.2) is 0 Å². The number of aliphatic hydroxyl groups is 1. The fourth-order valence-corrected chi connectivity index (χ4v) is 2.92. The summed E-state index contributed by atoms with van der Waals surface area (Å²) in [5.74, 6) is 0.412. The summed E-state index contributed by atoms with van der Waals surface area (Å²) in [6, 6.07) is 0.361. The van der Waals surface area contributed by atoms with Gasteiger partial charge in [-0.05, 0) is 38.5 Å². The molecule has 4 heteroatoms. The Morgan fingerprint density at radius 3 is 2.56 bits per heavy atom. The summed E-state index contributed by atoms with van der Waals surface area (Å²) < 4.78 is 0. The lowest BCUT2D eigenvalue weighted by Gasteiger charge is -2.31. The molecule has 3 N–H and O–H groups in total. The van der Waals surface area contributed by atoms with E-state index in [4.69, 9.17) is 5.73 Å². The lowest BCUT2D eigenvalue weighted by atomic mass is 9.85. The standard InChI is InChI=1S/C12H22N2O2/c13-10-5-3-9(4-6-10)12(16)14-7-1-2-11(14)8-15/h9-11,15H,1-8,13H2/t9?,10?,11-/m0/s1. The minimum absolute atomic E-state index is 0.0723. The number of hydrogen-bond donors (Lipinski definition) is 2. The van der Waals surface area contributed by atoms with Gasteiger partial charge >= 0.3 is 0 Å². The maximum absolute atomic E-state index is 12.3. The number of nitrogens with two attached hydrogens (primary N) is 1. The fourth-order valence-electron chi connectivity index (χ4n) is 2.92. The third-order valence-electron chi connectivity index (χ3n) is 3.99. The Balaban J connectivity index is 1.91. The van der Waals surface area contributed by atoms with E-state index in [1.165, 1.54) is 0 Å². The van der Waals surface area contributed by atoms with Gasteiger partial charge in [0.05, 0.1) is 12.6 Å². The number of rotatable bonds is 2. The highest BCUT2D eigenvalue weighted by Crippen LogP contribution is 2.28. The number of amides is 1. The maximum Gasteiger partial charge on any atom is 0.226 e. The van der Waals surface area contributed by atoms with E-state index in [1.54, 1.807) is 0 Å². The van der Waals surface area contributed by atoms with Gasteiger partial charge in [0.25, 0.3) is 0 Å². The van der Waals surface area contributed by atoms with Crippen molar-refractivity contribution in [2.24, 2.45) is 11.7 Å². The molecule has 1 heterocycles. The smallest absolute Gasteiger partial charge is 0.226 e. The molecule has 0 radical (unpaired) electrons. The minimum atomic E-state index is 0.0723. The van der Waals surface area contributed by atoms with Crippen LogP contribution in [0.15, 0.2) is 0 Å². The zero-order valence-corrected chi connectivity index (χ0v) is 9.77. The van der Waals surface area contributed by atoms with Crippen molar-refractivity contribution in [3.63, 3.8) is 0 Å². The van der Waals surface area contributed by atoms with Crippen LogP contribution in [-0.4, -0.2) is 41.1 Å². The summed E-state index contributed by atoms with van der Waals surface area (Å²) >= 11 is 0. The topological polar surface area (TPSA) is 66.6 Å². The van der Waals surface area contributed by atoms with Crippen molar-refractivity contribution in [1.82, 2.24) is 4.90 Å². The van der Waals surface area contributed by atoms with E-state index in [0.29, 0.717) is 0 Å². The van der Waals surface area contributed by atoms with Crippen LogP contribution >= 0.6 is 0 Å². The van der Waals surface area contributed by atoms with Crippen LogP contribution in [0.3, 0.4) is 0 Å². The first-order valence-corrected chi connectivity index (χ1v) is 6.39. The van der Waals surface area contributed by atoms with Gasteiger partial charge in [0.2, 0.25) is 5.91 Å². The van der Waals surface area contributed by atoms with Crippen molar-refractivity contribution in [2.75, 3.05) is 13.2 Å². The summed E-state index contributed by atoms with van der Waals surface area (Å²) in [6.07, 6.45) is 5.77. The summed E-state index contributed by atoms with van der Waals surface area (Å²) in [5, 5.41) is 9.21. The second kappa shape index (κ2) is 5.15. The van der Waals surface area contributed by atoms with Crippen LogP contribution in [-0.2, 0) is 4.79 Å². The Morgan fingerprint density at radius 1 is 1.25 bits per heavy atom. The molecular formula is C12H22N2O2. The fraction of sp³-hybridized carbons (Fsp3) is 0.917. The average Bonchev–Trinajstić information content (AvgIpc) is 2.77. The minimum Gasteiger partial charge on any atom is -0.394 e. The van der Waals surface area contributed by atoms with Gasteiger partial charge in [0.1, 0.15) is 0 Å². The SMILES string of the molecule is NC1CCC(C(=O)N2CCC[C@H]2CO)CC1. The predicted octanol–water partition coefficient (Wildman–Crippen LogP) is 0.487. The summed E-state index contributed by atoms with van der Waals surface area (Å²) in [7, 11) is 0. The van der Waals surface area contributed by atoms with E-state index in [1.807, 2.05) is 4.90 Å². The monoisotopic (exact) mass is 226 g/mol. The highest BCUT2D eigenvalue weighted by molar-refractivity contribution is 5.79. The quantitative estimate of drug-likeness (QED) is 0.720. The Hall–Kier alpha value is -0.610. The predicted molar refractivity (Wildman–Crippen MR) is 61.8 cm³/mol. The van der Waals surface area contributed by atoms with Crippen molar-refractivity contribution < 1.29 is 9.90 Å². The Morgan fingerprint density at radius 2 is 1.94 bits per heavy atom. The lowest BCUT2D eigenvalue weighted by molar-refractivity contribution is -0.138. The van der Waals surface area contributed by atoms with Crippen molar-refractivity contribution in [1.29, 1.82) is 0 Å². The van der Waals surface area contributed by atoms with Crippen LogP contribution < -0.4 is 5.73 Å². The molecule has 2 fully saturated rings. The molecule has 1 aliphatic heterocycles.